The molecule has 0 heterocycles. The Bertz CT molecular complexity index is 426. The molecule has 4 saturated carbocycles. The average molecular weight is 485 g/mol. The van der Waals surface area contributed by atoms with Crippen LogP contribution in [0.1, 0.15) is 86.9 Å². The van der Waals surface area contributed by atoms with E-state index in [4.69, 9.17) is 0 Å². The van der Waals surface area contributed by atoms with Gasteiger partial charge in [-0.05, 0) is 99.7 Å². The fourth-order valence-corrected chi connectivity index (χ4v) is 7.25. The fraction of sp³-hybridized carbons (Fsp3) is 0.955. The first-order valence-corrected chi connectivity index (χ1v) is 10.7. The number of Topliss-reactive ketones (excluding diaryl/α,β-unsaturated/α-hetero) is 1. The molecule has 24 heavy (non-hydrogen) atoms. The van der Waals surface area contributed by atoms with Crippen LogP contribution < -0.4 is 0 Å². The van der Waals surface area contributed by atoms with E-state index >= 15 is 0 Å². The first-order chi connectivity index (χ1) is 11.1. The Morgan fingerprint density at radius 1 is 0.750 bits per heavy atom. The molecular weight excluding hydrogens is 445 g/mol. The van der Waals surface area contributed by atoms with Crippen molar-refractivity contribution in [3.8, 4) is 0 Å². The van der Waals surface area contributed by atoms with E-state index in [1.165, 1.54) is 57.8 Å². The topological polar surface area (TPSA) is 17.1 Å². The van der Waals surface area contributed by atoms with Gasteiger partial charge in [-0.3, -0.25) is 4.79 Å². The Morgan fingerprint density at radius 3 is 1.96 bits per heavy atom. The Labute approximate surface area is 181 Å². The van der Waals surface area contributed by atoms with Gasteiger partial charge < -0.3 is 0 Å². The van der Waals surface area contributed by atoms with Crippen LogP contribution in [0.5, 0.6) is 0 Å². The summed E-state index contributed by atoms with van der Waals surface area (Å²) in [5.74, 6) is 7.70. The molecule has 0 spiro atoms. The third-order valence-electron chi connectivity index (χ3n) is 8.06. The summed E-state index contributed by atoms with van der Waals surface area (Å²) >= 11 is 0. The van der Waals surface area contributed by atoms with E-state index in [9.17, 15) is 4.79 Å². The van der Waals surface area contributed by atoms with Crippen LogP contribution in [-0.2, 0) is 4.79 Å². The summed E-state index contributed by atoms with van der Waals surface area (Å²) < 4.78 is 0. The van der Waals surface area contributed by atoms with Gasteiger partial charge in [-0.25, -0.2) is 0 Å². The number of fused-ring (bicyclic) bond motifs is 5. The zero-order valence-corrected chi connectivity index (χ0v) is 18.1. The summed E-state index contributed by atoms with van der Waals surface area (Å²) in [6.07, 6.45) is 12.9. The van der Waals surface area contributed by atoms with Gasteiger partial charge in [-0.1, -0.05) is 27.2 Å². The van der Waals surface area contributed by atoms with Gasteiger partial charge in [-0.15, -0.1) is 0 Å². The van der Waals surface area contributed by atoms with Crippen molar-refractivity contribution < 1.29 is 44.0 Å². The van der Waals surface area contributed by atoms with E-state index in [0.29, 0.717) is 11.7 Å². The number of rotatable bonds is 1. The van der Waals surface area contributed by atoms with Crippen molar-refractivity contribution in [1.29, 1.82) is 0 Å². The second-order valence-corrected chi connectivity index (χ2v) is 8.95. The van der Waals surface area contributed by atoms with E-state index in [1.807, 2.05) is 20.8 Å². The third-order valence-corrected chi connectivity index (χ3v) is 8.06. The quantitative estimate of drug-likeness (QED) is 0.395. The van der Waals surface area contributed by atoms with Crippen molar-refractivity contribution in [2.75, 3.05) is 0 Å². The second kappa shape index (κ2) is 9.23. The van der Waals surface area contributed by atoms with E-state index in [0.717, 1.165) is 41.4 Å². The Hall–Kier alpha value is 0.930. The van der Waals surface area contributed by atoms with Crippen LogP contribution in [-0.4, -0.2) is 5.78 Å². The molecule has 4 aliphatic carbocycles. The Balaban J connectivity index is 0.000000755. The van der Waals surface area contributed by atoms with Crippen LogP contribution in [0.25, 0.3) is 0 Å². The van der Waals surface area contributed by atoms with E-state index in [1.54, 1.807) is 0 Å². The first-order valence-electron chi connectivity index (χ1n) is 10.7. The van der Waals surface area contributed by atoms with Crippen molar-refractivity contribution in [2.45, 2.75) is 85.5 Å². The van der Waals surface area contributed by atoms with Crippen LogP contribution >= 0.6 is 0 Å². The molecule has 4 aliphatic rings. The van der Waals surface area contributed by atoms with Crippen molar-refractivity contribution in [3.63, 3.8) is 0 Å². The van der Waals surface area contributed by atoms with Gasteiger partial charge in [0.05, 0.1) is 0 Å². The molecule has 145 valence electrons. The minimum atomic E-state index is 0. The van der Waals surface area contributed by atoms with Gasteiger partial charge in [0.2, 0.25) is 0 Å². The molecule has 4 rings (SSSR count). The molecule has 0 bridgehead atoms. The first kappa shape index (κ1) is 21.2. The zero-order valence-electron chi connectivity index (χ0n) is 16.2. The van der Waals surface area contributed by atoms with Crippen LogP contribution in [0, 0.1) is 85.1 Å². The van der Waals surface area contributed by atoms with Crippen LogP contribution in [0.3, 0.4) is 0 Å². The number of carbonyl (C=O) groups excluding carboxylic acids is 1. The van der Waals surface area contributed by atoms with E-state index < -0.39 is 0 Å². The largest absolute Gasteiger partial charge is 0.300 e. The molecule has 0 saturated heterocycles. The normalized spacial score (nSPS) is 46.3. The Morgan fingerprint density at radius 2 is 1.25 bits per heavy atom. The third kappa shape index (κ3) is 3.94. The molecule has 1 nitrogen and oxygen atoms in total. The minimum Gasteiger partial charge on any atom is -0.300 e. The van der Waals surface area contributed by atoms with E-state index in [-0.39, 0.29) is 39.2 Å². The average Bonchev–Trinajstić information content (AvgIpc) is 3.00. The van der Waals surface area contributed by atoms with Crippen LogP contribution in [0.15, 0.2) is 0 Å². The van der Waals surface area contributed by atoms with Gasteiger partial charge in [0, 0.05) is 45.1 Å². The molecule has 0 aliphatic heterocycles. The summed E-state index contributed by atoms with van der Waals surface area (Å²) in [4.78, 5) is 11.9. The predicted octanol–water partition coefficient (Wildman–Crippen LogP) is 6.36. The molecular formula is C22H40HoO. The summed E-state index contributed by atoms with van der Waals surface area (Å²) in [6, 6.07) is 0. The predicted molar refractivity (Wildman–Crippen MR) is 99.3 cm³/mol. The van der Waals surface area contributed by atoms with Gasteiger partial charge in [0.15, 0.2) is 0 Å². The van der Waals surface area contributed by atoms with Gasteiger partial charge in [-0.2, -0.15) is 0 Å². The smallest absolute Gasteiger partial charge is 0.133 e. The van der Waals surface area contributed by atoms with Gasteiger partial charge in [0.1, 0.15) is 5.78 Å². The van der Waals surface area contributed by atoms with Crippen LogP contribution in [0.2, 0.25) is 0 Å². The molecule has 8 atom stereocenters. The van der Waals surface area contributed by atoms with E-state index in [2.05, 4.69) is 6.92 Å². The number of carbonyl (C=O) groups is 1. The molecule has 0 amide bonds. The molecule has 0 N–H and O–H groups in total. The SMILES string of the molecule is CC.CC(=O)C1CCC2[C@@H]1CCC1[C@H]2CC[C@@H]2C[C@@H](C)CC[C@H]12.[HH].[Ho]. The summed E-state index contributed by atoms with van der Waals surface area (Å²) in [6.45, 7) is 8.31. The maximum absolute atomic E-state index is 11.9. The standard InChI is InChI=1S/C20H32O.C2H6.Ho.H2/c1-12-3-5-16-14(11-12)4-6-19-18(16)10-9-17-15(13(2)21)7-8-20(17)19;1-2;;/h12,14-20H,3-11H2,1-2H3;1-2H3;;1H/t12-,14+,15?,16-,17+,18?,19+,20?;;;/m0.../s1. The molecule has 2 heteroatoms. The van der Waals surface area contributed by atoms with Crippen molar-refractivity contribution >= 4 is 5.78 Å². The molecule has 1 radical (unpaired) electrons. The number of ketones is 1. The number of hydrogen-bond acceptors (Lipinski definition) is 1. The Kier molecular flexibility index (Phi) is 8.16. The molecule has 0 aromatic heterocycles. The van der Waals surface area contributed by atoms with Crippen molar-refractivity contribution in [3.05, 3.63) is 0 Å². The molecule has 0 aromatic carbocycles. The maximum Gasteiger partial charge on any atom is 0.133 e. The summed E-state index contributed by atoms with van der Waals surface area (Å²) in [7, 11) is 0. The summed E-state index contributed by atoms with van der Waals surface area (Å²) in [5.41, 5.74) is 0. The van der Waals surface area contributed by atoms with Gasteiger partial charge in [0.25, 0.3) is 0 Å². The minimum absolute atomic E-state index is 0. The monoisotopic (exact) mass is 485 g/mol. The fourth-order valence-electron chi connectivity index (χ4n) is 7.25. The molecule has 3 unspecified atom stereocenters. The summed E-state index contributed by atoms with van der Waals surface area (Å²) in [5, 5.41) is 0. The second-order valence-electron chi connectivity index (χ2n) is 8.95. The zero-order chi connectivity index (χ0) is 16.6. The molecule has 4 fully saturated rings. The van der Waals surface area contributed by atoms with Crippen molar-refractivity contribution in [2.24, 2.45) is 47.3 Å². The van der Waals surface area contributed by atoms with Gasteiger partial charge >= 0.3 is 0 Å². The van der Waals surface area contributed by atoms with Crippen LogP contribution in [0.4, 0.5) is 0 Å². The van der Waals surface area contributed by atoms with Crippen molar-refractivity contribution in [1.82, 2.24) is 0 Å². The maximum atomic E-state index is 11.9. The molecule has 0 aromatic rings. The number of hydrogen-bond donors (Lipinski definition) is 0.